The van der Waals surface area contributed by atoms with Crippen LogP contribution in [0.3, 0.4) is 0 Å². The Morgan fingerprint density at radius 2 is 2.00 bits per heavy atom. The van der Waals surface area contributed by atoms with Gasteiger partial charge in [-0.2, -0.15) is 11.8 Å². The zero-order valence-electron chi connectivity index (χ0n) is 11.0. The van der Waals surface area contributed by atoms with Gasteiger partial charge < -0.3 is 10.4 Å². The number of hydrogen-bond donors (Lipinski definition) is 2. The lowest BCUT2D eigenvalue weighted by Gasteiger charge is -2.31. The summed E-state index contributed by atoms with van der Waals surface area (Å²) in [4.78, 5) is 0. The first kappa shape index (κ1) is 14.3. The third kappa shape index (κ3) is 3.64. The van der Waals surface area contributed by atoms with Crippen LogP contribution in [0.5, 0.6) is 0 Å². The van der Waals surface area contributed by atoms with E-state index in [2.05, 4.69) is 25.4 Å². The molecule has 0 aliphatic heterocycles. The monoisotopic (exact) mass is 245 g/mol. The minimum atomic E-state index is 0.0538. The molecule has 0 aromatic carbocycles. The lowest BCUT2D eigenvalue weighted by Crippen LogP contribution is -2.41. The molecular weight excluding hydrogens is 218 g/mol. The third-order valence-corrected chi connectivity index (χ3v) is 5.60. The molecule has 0 saturated heterocycles. The van der Waals surface area contributed by atoms with Gasteiger partial charge in [0.1, 0.15) is 0 Å². The van der Waals surface area contributed by atoms with Gasteiger partial charge in [-0.25, -0.2) is 0 Å². The van der Waals surface area contributed by atoms with Crippen molar-refractivity contribution < 1.29 is 5.11 Å². The van der Waals surface area contributed by atoms with E-state index in [0.29, 0.717) is 4.75 Å². The van der Waals surface area contributed by atoms with E-state index in [0.717, 1.165) is 19.5 Å². The highest BCUT2D eigenvalue weighted by atomic mass is 32.2. The van der Waals surface area contributed by atoms with Crippen LogP contribution in [-0.2, 0) is 0 Å². The number of rotatable bonds is 7. The molecule has 1 unspecified atom stereocenters. The molecule has 1 aliphatic carbocycles. The van der Waals surface area contributed by atoms with Gasteiger partial charge in [0.05, 0.1) is 0 Å². The van der Waals surface area contributed by atoms with Crippen LogP contribution in [-0.4, -0.2) is 35.8 Å². The number of hydrogen-bond acceptors (Lipinski definition) is 3. The molecule has 0 aromatic rings. The third-order valence-electron chi connectivity index (χ3n) is 4.18. The fraction of sp³-hybridized carbons (Fsp3) is 1.00. The molecule has 0 radical (unpaired) electrons. The van der Waals surface area contributed by atoms with E-state index in [9.17, 15) is 5.11 Å². The highest BCUT2D eigenvalue weighted by molar-refractivity contribution is 8.00. The van der Waals surface area contributed by atoms with Crippen LogP contribution < -0.4 is 5.32 Å². The van der Waals surface area contributed by atoms with Gasteiger partial charge in [0, 0.05) is 29.9 Å². The summed E-state index contributed by atoms with van der Waals surface area (Å²) >= 11 is 2.02. The number of nitrogens with one attached hydrogen (secondary N) is 1. The zero-order valence-corrected chi connectivity index (χ0v) is 11.8. The molecule has 16 heavy (non-hydrogen) atoms. The molecule has 1 fully saturated rings. The summed E-state index contributed by atoms with van der Waals surface area (Å²) < 4.78 is 0.476. The van der Waals surface area contributed by atoms with E-state index in [1.54, 1.807) is 0 Å². The fourth-order valence-corrected chi connectivity index (χ4v) is 3.30. The van der Waals surface area contributed by atoms with E-state index < -0.39 is 0 Å². The average molecular weight is 245 g/mol. The van der Waals surface area contributed by atoms with Gasteiger partial charge in [0.15, 0.2) is 0 Å². The molecule has 1 rings (SSSR count). The molecule has 1 aliphatic rings. The molecule has 2 N–H and O–H groups in total. The Hall–Kier alpha value is 0.270. The smallest absolute Gasteiger partial charge is 0.0496 e. The van der Waals surface area contributed by atoms with Crippen molar-refractivity contribution in [3.63, 3.8) is 0 Å². The summed E-state index contributed by atoms with van der Waals surface area (Å²) in [5, 5.41) is 12.9. The highest BCUT2D eigenvalue weighted by Crippen LogP contribution is 2.39. The Morgan fingerprint density at radius 3 is 2.44 bits per heavy atom. The second kappa shape index (κ2) is 6.27. The normalized spacial score (nSPS) is 23.2. The summed E-state index contributed by atoms with van der Waals surface area (Å²) in [6.45, 7) is 6.62. The van der Waals surface area contributed by atoms with Crippen LogP contribution in [0.4, 0.5) is 0 Å². The van der Waals surface area contributed by atoms with Gasteiger partial charge in [0.2, 0.25) is 0 Å². The predicted molar refractivity (Wildman–Crippen MR) is 73.1 cm³/mol. The van der Waals surface area contributed by atoms with Crippen LogP contribution in [0, 0.1) is 5.41 Å². The first-order valence-corrected chi connectivity index (χ1v) is 7.69. The van der Waals surface area contributed by atoms with Crippen LogP contribution >= 0.6 is 11.8 Å². The van der Waals surface area contributed by atoms with Crippen molar-refractivity contribution in [1.82, 2.24) is 5.32 Å². The van der Waals surface area contributed by atoms with Gasteiger partial charge in [-0.1, -0.05) is 26.7 Å². The lowest BCUT2D eigenvalue weighted by molar-refractivity contribution is 0.135. The van der Waals surface area contributed by atoms with Crippen molar-refractivity contribution in [2.45, 2.75) is 50.7 Å². The second-order valence-corrected chi connectivity index (χ2v) is 6.79. The van der Waals surface area contributed by atoms with Crippen molar-refractivity contribution in [1.29, 1.82) is 0 Å². The minimum Gasteiger partial charge on any atom is -0.396 e. The van der Waals surface area contributed by atoms with Gasteiger partial charge >= 0.3 is 0 Å². The van der Waals surface area contributed by atoms with Crippen LogP contribution in [0.1, 0.15) is 46.0 Å². The molecule has 2 nitrogen and oxygen atoms in total. The van der Waals surface area contributed by atoms with Crippen LogP contribution in [0.25, 0.3) is 0 Å². The molecule has 1 saturated carbocycles. The first-order chi connectivity index (χ1) is 7.60. The van der Waals surface area contributed by atoms with E-state index in [4.69, 9.17) is 0 Å². The summed E-state index contributed by atoms with van der Waals surface area (Å²) in [5.41, 5.74) is 0.0538. The second-order valence-electron chi connectivity index (χ2n) is 5.52. The topological polar surface area (TPSA) is 32.3 Å². The maximum atomic E-state index is 9.35. The largest absolute Gasteiger partial charge is 0.396 e. The van der Waals surface area contributed by atoms with Crippen molar-refractivity contribution in [3.05, 3.63) is 0 Å². The van der Waals surface area contributed by atoms with E-state index in [1.807, 2.05) is 11.8 Å². The van der Waals surface area contributed by atoms with Gasteiger partial charge in [-0.15, -0.1) is 0 Å². The van der Waals surface area contributed by atoms with Crippen molar-refractivity contribution in [2.75, 3.05) is 26.0 Å². The van der Waals surface area contributed by atoms with Crippen molar-refractivity contribution in [3.8, 4) is 0 Å². The average Bonchev–Trinajstić information content (AvgIpc) is 2.78. The maximum absolute atomic E-state index is 9.35. The molecule has 0 aromatic heterocycles. The highest BCUT2D eigenvalue weighted by Gasteiger charge is 2.33. The maximum Gasteiger partial charge on any atom is 0.0496 e. The minimum absolute atomic E-state index is 0.0538. The Kier molecular flexibility index (Phi) is 5.62. The van der Waals surface area contributed by atoms with Crippen LogP contribution in [0.15, 0.2) is 0 Å². The molecule has 3 heteroatoms. The van der Waals surface area contributed by atoms with Gasteiger partial charge in [-0.3, -0.25) is 0 Å². The molecule has 1 atom stereocenters. The molecular formula is C13H27NOS. The number of aliphatic hydroxyl groups excluding tert-OH is 1. The lowest BCUT2D eigenvalue weighted by atomic mass is 9.88. The standard InChI is InChI=1S/C13H27NOS/c1-4-12(2,11-15)9-14-10-13(16-3)7-5-6-8-13/h14-15H,4-11H2,1-3H3. The Balaban J connectivity index is 2.33. The van der Waals surface area contributed by atoms with Crippen molar-refractivity contribution in [2.24, 2.45) is 5.41 Å². The van der Waals surface area contributed by atoms with Gasteiger partial charge in [0.25, 0.3) is 0 Å². The summed E-state index contributed by atoms with van der Waals surface area (Å²) in [5.74, 6) is 0. The van der Waals surface area contributed by atoms with E-state index in [1.165, 1.54) is 25.7 Å². The molecule has 0 bridgehead atoms. The predicted octanol–water partition coefficient (Wildman–Crippen LogP) is 2.66. The molecule has 0 heterocycles. The summed E-state index contributed by atoms with van der Waals surface area (Å²) in [7, 11) is 0. The molecule has 0 spiro atoms. The van der Waals surface area contributed by atoms with Gasteiger partial charge in [-0.05, 0) is 25.5 Å². The van der Waals surface area contributed by atoms with Crippen molar-refractivity contribution >= 4 is 11.8 Å². The number of thioether (sulfide) groups is 1. The van der Waals surface area contributed by atoms with Crippen LogP contribution in [0.2, 0.25) is 0 Å². The molecule has 96 valence electrons. The SMILES string of the molecule is CCC(C)(CO)CNCC1(SC)CCCC1. The number of aliphatic hydroxyl groups is 1. The Labute approximate surface area is 105 Å². The van der Waals surface area contributed by atoms with E-state index in [-0.39, 0.29) is 12.0 Å². The summed E-state index contributed by atoms with van der Waals surface area (Å²) in [6, 6.07) is 0. The quantitative estimate of drug-likeness (QED) is 0.723. The Bertz CT molecular complexity index is 198. The molecule has 0 amide bonds. The fourth-order valence-electron chi connectivity index (χ4n) is 2.36. The zero-order chi connectivity index (χ0) is 12.1. The van der Waals surface area contributed by atoms with E-state index >= 15 is 0 Å². The first-order valence-electron chi connectivity index (χ1n) is 6.46. The summed E-state index contributed by atoms with van der Waals surface area (Å²) in [6.07, 6.45) is 8.73. The Morgan fingerprint density at radius 1 is 1.38 bits per heavy atom.